The average Bonchev–Trinajstić information content (AvgIpc) is 2.88. The lowest BCUT2D eigenvalue weighted by Crippen LogP contribution is -2.33. The van der Waals surface area contributed by atoms with Crippen molar-refractivity contribution >= 4 is 5.97 Å². The number of imidazole rings is 1. The largest absolute Gasteiger partial charge is 0.507 e. The molecule has 2 aromatic rings. The molecule has 1 fully saturated rings. The predicted molar refractivity (Wildman–Crippen MR) is 113 cm³/mol. The van der Waals surface area contributed by atoms with Gasteiger partial charge in [0.15, 0.2) is 0 Å². The number of phenols is 1. The van der Waals surface area contributed by atoms with Crippen molar-refractivity contribution in [2.45, 2.75) is 77.2 Å². The summed E-state index contributed by atoms with van der Waals surface area (Å²) in [6.45, 7) is 5.27. The van der Waals surface area contributed by atoms with Crippen LogP contribution in [0.5, 0.6) is 5.75 Å². The summed E-state index contributed by atoms with van der Waals surface area (Å²) < 4.78 is 9.70. The van der Waals surface area contributed by atoms with Gasteiger partial charge in [-0.1, -0.05) is 57.7 Å². The van der Waals surface area contributed by atoms with Crippen molar-refractivity contribution in [2.24, 2.45) is 7.05 Å². The van der Waals surface area contributed by atoms with E-state index in [2.05, 4.69) is 23.0 Å². The molecule has 0 unspecified atom stereocenters. The van der Waals surface area contributed by atoms with Gasteiger partial charge >= 0.3 is 5.97 Å². The van der Waals surface area contributed by atoms with Gasteiger partial charge in [-0.15, -0.1) is 0 Å². The summed E-state index contributed by atoms with van der Waals surface area (Å²) >= 11 is 0. The fourth-order valence-corrected chi connectivity index (χ4v) is 4.60. The van der Waals surface area contributed by atoms with Crippen LogP contribution < -0.4 is 4.57 Å². The molecule has 3 rings (SSSR count). The second kappa shape index (κ2) is 9.95. The van der Waals surface area contributed by atoms with Crippen LogP contribution in [0, 0.1) is 0 Å². The second-order valence-corrected chi connectivity index (χ2v) is 8.56. The zero-order valence-electron chi connectivity index (χ0n) is 18.1. The number of benzene rings is 1. The standard InChI is InChI=1S/C24H34N2O3/c1-18(2)24-25(3)13-14-26(24)15-16-29-22(27)17-20-11-8-12-21(23(20)28)19-9-6-4-5-7-10-19/h8,11-14,18-19H,4-7,9-10,15-17H2,1-3H3/p+1. The lowest BCUT2D eigenvalue weighted by molar-refractivity contribution is -0.680. The first-order valence-electron chi connectivity index (χ1n) is 11.0. The van der Waals surface area contributed by atoms with Gasteiger partial charge in [0.25, 0.3) is 5.82 Å². The number of phenolic OH excluding ortho intramolecular Hbond substituents is 1. The van der Waals surface area contributed by atoms with E-state index in [0.29, 0.717) is 30.6 Å². The average molecular weight is 400 g/mol. The Morgan fingerprint density at radius 3 is 2.66 bits per heavy atom. The van der Waals surface area contributed by atoms with Crippen molar-refractivity contribution < 1.29 is 19.2 Å². The van der Waals surface area contributed by atoms with Crippen molar-refractivity contribution in [2.75, 3.05) is 6.61 Å². The second-order valence-electron chi connectivity index (χ2n) is 8.56. The molecule has 1 aliphatic rings. The summed E-state index contributed by atoms with van der Waals surface area (Å²) in [5.41, 5.74) is 1.67. The van der Waals surface area contributed by atoms with Gasteiger partial charge in [-0.2, -0.15) is 0 Å². The van der Waals surface area contributed by atoms with Gasteiger partial charge < -0.3 is 9.84 Å². The highest BCUT2D eigenvalue weighted by molar-refractivity contribution is 5.73. The lowest BCUT2D eigenvalue weighted by Gasteiger charge is -2.18. The van der Waals surface area contributed by atoms with E-state index in [1.54, 1.807) is 0 Å². The first-order valence-corrected chi connectivity index (χ1v) is 11.0. The minimum absolute atomic E-state index is 0.114. The van der Waals surface area contributed by atoms with E-state index in [-0.39, 0.29) is 18.1 Å². The number of nitrogens with zero attached hydrogens (tertiary/aromatic N) is 2. The first-order chi connectivity index (χ1) is 14.0. The highest BCUT2D eigenvalue weighted by Gasteiger charge is 2.21. The highest BCUT2D eigenvalue weighted by atomic mass is 16.5. The third-order valence-corrected chi connectivity index (χ3v) is 6.02. The molecule has 0 bridgehead atoms. The number of aryl methyl sites for hydroxylation is 1. The minimum Gasteiger partial charge on any atom is -0.507 e. The number of ether oxygens (including phenoxy) is 1. The maximum atomic E-state index is 12.4. The van der Waals surface area contributed by atoms with Crippen LogP contribution in [0.15, 0.2) is 30.6 Å². The molecule has 0 radical (unpaired) electrons. The number of rotatable bonds is 7. The molecule has 1 aromatic carbocycles. The van der Waals surface area contributed by atoms with E-state index in [4.69, 9.17) is 4.74 Å². The molecule has 158 valence electrons. The molecule has 1 aromatic heterocycles. The smallest absolute Gasteiger partial charge is 0.310 e. The number of para-hydroxylation sites is 1. The van der Waals surface area contributed by atoms with E-state index in [1.807, 2.05) is 37.6 Å². The van der Waals surface area contributed by atoms with Crippen molar-refractivity contribution in [1.29, 1.82) is 0 Å². The molecule has 5 heteroatoms. The quantitative estimate of drug-likeness (QED) is 0.427. The van der Waals surface area contributed by atoms with Gasteiger partial charge in [0.05, 0.1) is 19.4 Å². The Labute approximate surface area is 174 Å². The molecule has 1 heterocycles. The van der Waals surface area contributed by atoms with Crippen molar-refractivity contribution in [3.05, 3.63) is 47.5 Å². The van der Waals surface area contributed by atoms with Gasteiger partial charge in [0.2, 0.25) is 0 Å². The fourth-order valence-electron chi connectivity index (χ4n) is 4.60. The molecule has 1 saturated carbocycles. The molecule has 1 aliphatic carbocycles. The van der Waals surface area contributed by atoms with Gasteiger partial charge in [0.1, 0.15) is 31.3 Å². The van der Waals surface area contributed by atoms with E-state index >= 15 is 0 Å². The number of aromatic nitrogens is 2. The van der Waals surface area contributed by atoms with Crippen molar-refractivity contribution in [1.82, 2.24) is 4.57 Å². The van der Waals surface area contributed by atoms with Crippen LogP contribution in [-0.2, 0) is 29.5 Å². The first kappa shape index (κ1) is 21.4. The van der Waals surface area contributed by atoms with Gasteiger partial charge in [-0.25, -0.2) is 9.13 Å². The summed E-state index contributed by atoms with van der Waals surface area (Å²) in [5.74, 6) is 2.00. The monoisotopic (exact) mass is 399 g/mol. The van der Waals surface area contributed by atoms with E-state index < -0.39 is 0 Å². The Bertz CT molecular complexity index is 818. The third kappa shape index (κ3) is 5.40. The van der Waals surface area contributed by atoms with Crippen LogP contribution >= 0.6 is 0 Å². The summed E-state index contributed by atoms with van der Waals surface area (Å²) in [6.07, 6.45) is 11.4. The van der Waals surface area contributed by atoms with E-state index in [9.17, 15) is 9.90 Å². The molecule has 0 atom stereocenters. The summed E-state index contributed by atoms with van der Waals surface area (Å²) in [7, 11) is 2.03. The summed E-state index contributed by atoms with van der Waals surface area (Å²) in [4.78, 5) is 12.4. The Kier molecular flexibility index (Phi) is 7.34. The van der Waals surface area contributed by atoms with Gasteiger partial charge in [0, 0.05) is 5.56 Å². The third-order valence-electron chi connectivity index (χ3n) is 6.02. The van der Waals surface area contributed by atoms with Crippen LogP contribution in [-0.4, -0.2) is 22.2 Å². The highest BCUT2D eigenvalue weighted by Crippen LogP contribution is 2.37. The Morgan fingerprint density at radius 2 is 1.97 bits per heavy atom. The fraction of sp³-hybridized carbons (Fsp3) is 0.583. The van der Waals surface area contributed by atoms with Gasteiger partial charge in [-0.3, -0.25) is 4.79 Å². The normalized spacial score (nSPS) is 15.4. The van der Waals surface area contributed by atoms with Crippen LogP contribution in [0.2, 0.25) is 0 Å². The maximum absolute atomic E-state index is 12.4. The van der Waals surface area contributed by atoms with Crippen molar-refractivity contribution in [3.63, 3.8) is 0 Å². The molecule has 29 heavy (non-hydrogen) atoms. The van der Waals surface area contributed by atoms with Gasteiger partial charge in [-0.05, 0) is 24.3 Å². The Morgan fingerprint density at radius 1 is 1.24 bits per heavy atom. The molecule has 0 saturated heterocycles. The Balaban J connectivity index is 1.57. The van der Waals surface area contributed by atoms with Crippen molar-refractivity contribution in [3.8, 4) is 5.75 Å². The molecule has 0 amide bonds. The SMILES string of the molecule is CC(C)c1n(CCOC(=O)Cc2cccc(C3CCCCCC3)c2O)cc[n+]1C. The van der Waals surface area contributed by atoms with Crippen LogP contribution in [0.4, 0.5) is 0 Å². The topological polar surface area (TPSA) is 55.3 Å². The molecule has 0 spiro atoms. The zero-order chi connectivity index (χ0) is 20.8. The number of hydrogen-bond acceptors (Lipinski definition) is 3. The van der Waals surface area contributed by atoms with Crippen LogP contribution in [0.25, 0.3) is 0 Å². The molecule has 5 nitrogen and oxygen atoms in total. The minimum atomic E-state index is -0.291. The molecular formula is C24H35N2O3+. The van der Waals surface area contributed by atoms with Crippen LogP contribution in [0.1, 0.15) is 81.2 Å². The molecule has 1 N–H and O–H groups in total. The number of aromatic hydroxyl groups is 1. The summed E-state index contributed by atoms with van der Waals surface area (Å²) in [5, 5.41) is 10.8. The zero-order valence-corrected chi connectivity index (χ0v) is 18.1. The number of carbonyl (C=O) groups is 1. The van der Waals surface area contributed by atoms with E-state index in [0.717, 1.165) is 18.4 Å². The maximum Gasteiger partial charge on any atom is 0.310 e. The van der Waals surface area contributed by atoms with Crippen LogP contribution in [0.3, 0.4) is 0 Å². The number of esters is 1. The number of carbonyl (C=O) groups excluding carboxylic acids is 1. The number of hydrogen-bond donors (Lipinski definition) is 1. The predicted octanol–water partition coefficient (Wildman–Crippen LogP) is 4.37. The molecule has 0 aliphatic heterocycles. The van der Waals surface area contributed by atoms with E-state index in [1.165, 1.54) is 31.5 Å². The molecular weight excluding hydrogens is 364 g/mol. The Hall–Kier alpha value is -2.30. The summed E-state index contributed by atoms with van der Waals surface area (Å²) in [6, 6.07) is 5.80. The lowest BCUT2D eigenvalue weighted by atomic mass is 9.89.